The van der Waals surface area contributed by atoms with Crippen LogP contribution in [0.1, 0.15) is 5.56 Å². The van der Waals surface area contributed by atoms with Crippen molar-refractivity contribution in [2.75, 3.05) is 32.8 Å². The second kappa shape index (κ2) is 6.19. The van der Waals surface area contributed by atoms with E-state index >= 15 is 0 Å². The van der Waals surface area contributed by atoms with E-state index in [9.17, 15) is 9.59 Å². The minimum absolute atomic E-state index is 0.0702. The smallest absolute Gasteiger partial charge is 0.248 e. The van der Waals surface area contributed by atoms with Crippen LogP contribution in [0.25, 0.3) is 10.9 Å². The SMILES string of the molecule is O=C(CO)N1CCN(C(=O)Cc2c[nH]c3ccccc23)CC1. The number of carbonyl (C=O) groups is 2. The van der Waals surface area contributed by atoms with Crippen LogP contribution in [0.4, 0.5) is 0 Å². The molecule has 0 radical (unpaired) electrons. The van der Waals surface area contributed by atoms with Gasteiger partial charge in [-0.1, -0.05) is 18.2 Å². The molecule has 1 aromatic carbocycles. The molecule has 2 aromatic rings. The number of benzene rings is 1. The lowest BCUT2D eigenvalue weighted by atomic mass is 10.1. The van der Waals surface area contributed by atoms with Crippen molar-refractivity contribution in [1.82, 2.24) is 14.8 Å². The van der Waals surface area contributed by atoms with Gasteiger partial charge in [-0.15, -0.1) is 0 Å². The number of fused-ring (bicyclic) bond motifs is 1. The zero-order valence-corrected chi connectivity index (χ0v) is 12.3. The van der Waals surface area contributed by atoms with Gasteiger partial charge < -0.3 is 19.9 Å². The lowest BCUT2D eigenvalue weighted by Gasteiger charge is -2.34. The first-order valence-corrected chi connectivity index (χ1v) is 7.40. The number of para-hydroxylation sites is 1. The second-order valence-electron chi connectivity index (χ2n) is 5.46. The number of carbonyl (C=O) groups excluding carboxylic acids is 2. The summed E-state index contributed by atoms with van der Waals surface area (Å²) in [5.74, 6) is -0.204. The average Bonchev–Trinajstić information content (AvgIpc) is 2.97. The van der Waals surface area contributed by atoms with E-state index in [0.29, 0.717) is 32.6 Å². The number of amides is 2. The molecule has 2 N–H and O–H groups in total. The van der Waals surface area contributed by atoms with E-state index in [0.717, 1.165) is 16.5 Å². The van der Waals surface area contributed by atoms with Crippen molar-refractivity contribution >= 4 is 22.7 Å². The number of nitrogens with one attached hydrogen (secondary N) is 1. The van der Waals surface area contributed by atoms with E-state index in [1.54, 1.807) is 9.80 Å². The zero-order valence-electron chi connectivity index (χ0n) is 12.3. The molecule has 0 saturated carbocycles. The van der Waals surface area contributed by atoms with Crippen LogP contribution in [0.2, 0.25) is 0 Å². The molecule has 2 heterocycles. The van der Waals surface area contributed by atoms with Crippen molar-refractivity contribution in [1.29, 1.82) is 0 Å². The van der Waals surface area contributed by atoms with E-state index in [2.05, 4.69) is 4.98 Å². The number of aliphatic hydroxyl groups excluding tert-OH is 1. The van der Waals surface area contributed by atoms with Gasteiger partial charge in [0, 0.05) is 43.3 Å². The summed E-state index contributed by atoms with van der Waals surface area (Å²) in [6, 6.07) is 7.92. The molecule has 1 saturated heterocycles. The average molecular weight is 301 g/mol. The molecule has 1 aliphatic heterocycles. The Kier molecular flexibility index (Phi) is 4.11. The number of hydrogen-bond donors (Lipinski definition) is 2. The quantitative estimate of drug-likeness (QED) is 0.860. The lowest BCUT2D eigenvalue weighted by molar-refractivity contribution is -0.140. The Hall–Kier alpha value is -2.34. The predicted octanol–water partition coefficient (Wildman–Crippen LogP) is 0.373. The molecule has 2 amide bonds. The van der Waals surface area contributed by atoms with Crippen molar-refractivity contribution in [3.8, 4) is 0 Å². The molecule has 0 aliphatic carbocycles. The van der Waals surface area contributed by atoms with Gasteiger partial charge in [0.1, 0.15) is 6.61 Å². The Labute approximate surface area is 128 Å². The fourth-order valence-corrected chi connectivity index (χ4v) is 2.86. The maximum Gasteiger partial charge on any atom is 0.248 e. The maximum absolute atomic E-state index is 12.4. The molecule has 0 bridgehead atoms. The first kappa shape index (κ1) is 14.6. The van der Waals surface area contributed by atoms with Gasteiger partial charge in [0.25, 0.3) is 0 Å². The molecule has 0 atom stereocenters. The largest absolute Gasteiger partial charge is 0.387 e. The Bertz CT molecular complexity index is 687. The van der Waals surface area contributed by atoms with E-state index < -0.39 is 6.61 Å². The van der Waals surface area contributed by atoms with E-state index in [1.807, 2.05) is 30.5 Å². The fraction of sp³-hybridized carbons (Fsp3) is 0.375. The van der Waals surface area contributed by atoms with Crippen LogP contribution in [0.3, 0.4) is 0 Å². The number of H-pyrrole nitrogens is 1. The Morgan fingerprint density at radius 3 is 2.36 bits per heavy atom. The maximum atomic E-state index is 12.4. The summed E-state index contributed by atoms with van der Waals surface area (Å²) in [4.78, 5) is 30.4. The molecular weight excluding hydrogens is 282 g/mol. The van der Waals surface area contributed by atoms with Gasteiger partial charge in [0.15, 0.2) is 0 Å². The van der Waals surface area contributed by atoms with Crippen molar-refractivity contribution in [2.24, 2.45) is 0 Å². The topological polar surface area (TPSA) is 76.6 Å². The highest BCUT2D eigenvalue weighted by atomic mass is 16.3. The third-order valence-electron chi connectivity index (χ3n) is 4.14. The molecular formula is C16H19N3O3. The van der Waals surface area contributed by atoms with Crippen molar-refractivity contribution in [2.45, 2.75) is 6.42 Å². The van der Waals surface area contributed by atoms with Gasteiger partial charge in [-0.25, -0.2) is 0 Å². The van der Waals surface area contributed by atoms with Crippen LogP contribution in [0.15, 0.2) is 30.5 Å². The number of piperazine rings is 1. The highest BCUT2D eigenvalue weighted by molar-refractivity contribution is 5.89. The second-order valence-corrected chi connectivity index (χ2v) is 5.46. The summed E-state index contributed by atoms with van der Waals surface area (Å²) in [5.41, 5.74) is 2.03. The molecule has 3 rings (SSSR count). The zero-order chi connectivity index (χ0) is 15.5. The number of aromatic nitrogens is 1. The summed E-state index contributed by atoms with van der Waals surface area (Å²) in [6.45, 7) is 1.54. The Morgan fingerprint density at radius 2 is 1.68 bits per heavy atom. The molecule has 116 valence electrons. The summed E-state index contributed by atoms with van der Waals surface area (Å²) < 4.78 is 0. The van der Waals surface area contributed by atoms with Crippen molar-refractivity contribution in [3.05, 3.63) is 36.0 Å². The number of rotatable bonds is 3. The molecule has 1 fully saturated rings. The fourth-order valence-electron chi connectivity index (χ4n) is 2.86. The van der Waals surface area contributed by atoms with E-state index in [4.69, 9.17) is 5.11 Å². The highest BCUT2D eigenvalue weighted by Crippen LogP contribution is 2.19. The minimum Gasteiger partial charge on any atom is -0.387 e. The van der Waals surface area contributed by atoms with Gasteiger partial charge in [-0.2, -0.15) is 0 Å². The number of aromatic amines is 1. The van der Waals surface area contributed by atoms with Crippen LogP contribution < -0.4 is 0 Å². The normalized spacial score (nSPS) is 15.3. The molecule has 1 aliphatic rings. The lowest BCUT2D eigenvalue weighted by Crippen LogP contribution is -2.51. The van der Waals surface area contributed by atoms with E-state index in [-0.39, 0.29) is 11.8 Å². The minimum atomic E-state index is -0.469. The van der Waals surface area contributed by atoms with Crippen LogP contribution >= 0.6 is 0 Å². The summed E-state index contributed by atoms with van der Waals surface area (Å²) in [7, 11) is 0. The molecule has 1 aromatic heterocycles. The van der Waals surface area contributed by atoms with Crippen molar-refractivity contribution < 1.29 is 14.7 Å². The first-order valence-electron chi connectivity index (χ1n) is 7.40. The van der Waals surface area contributed by atoms with Gasteiger partial charge in [-0.3, -0.25) is 9.59 Å². The summed E-state index contributed by atoms with van der Waals surface area (Å²) in [6.07, 6.45) is 2.24. The number of nitrogens with zero attached hydrogens (tertiary/aromatic N) is 2. The Morgan fingerprint density at radius 1 is 1.05 bits per heavy atom. The van der Waals surface area contributed by atoms with E-state index in [1.165, 1.54) is 0 Å². The highest BCUT2D eigenvalue weighted by Gasteiger charge is 2.24. The molecule has 6 heteroatoms. The van der Waals surface area contributed by atoms with Crippen LogP contribution in [0, 0.1) is 0 Å². The van der Waals surface area contributed by atoms with Gasteiger partial charge in [0.05, 0.1) is 6.42 Å². The van der Waals surface area contributed by atoms with Gasteiger partial charge >= 0.3 is 0 Å². The molecule has 0 spiro atoms. The van der Waals surface area contributed by atoms with Crippen LogP contribution in [-0.2, 0) is 16.0 Å². The monoisotopic (exact) mass is 301 g/mol. The van der Waals surface area contributed by atoms with Crippen LogP contribution in [-0.4, -0.2) is 64.5 Å². The first-order chi connectivity index (χ1) is 10.7. The third-order valence-corrected chi connectivity index (χ3v) is 4.14. The standard InChI is InChI=1S/C16H19N3O3/c20-11-16(22)19-7-5-18(6-8-19)15(21)9-12-10-17-14-4-2-1-3-13(12)14/h1-4,10,17,20H,5-9,11H2. The molecule has 22 heavy (non-hydrogen) atoms. The molecule has 6 nitrogen and oxygen atoms in total. The molecule has 0 unspecified atom stereocenters. The van der Waals surface area contributed by atoms with Crippen molar-refractivity contribution in [3.63, 3.8) is 0 Å². The van der Waals surface area contributed by atoms with Gasteiger partial charge in [-0.05, 0) is 11.6 Å². The predicted molar refractivity (Wildman–Crippen MR) is 82.2 cm³/mol. The summed E-state index contributed by atoms with van der Waals surface area (Å²) >= 11 is 0. The van der Waals surface area contributed by atoms with Gasteiger partial charge in [0.2, 0.25) is 11.8 Å². The number of aliphatic hydroxyl groups is 1. The van der Waals surface area contributed by atoms with Crippen LogP contribution in [0.5, 0.6) is 0 Å². The Balaban J connectivity index is 1.62. The number of hydrogen-bond acceptors (Lipinski definition) is 3. The third kappa shape index (κ3) is 2.82. The summed E-state index contributed by atoms with van der Waals surface area (Å²) in [5, 5.41) is 9.93.